The van der Waals surface area contributed by atoms with Crippen LogP contribution < -0.4 is 0 Å². The molecule has 0 radical (unpaired) electrons. The third-order valence-electron chi connectivity index (χ3n) is 1.95. The standard InChI is InChI=1S/C8H9NO2/c1-5-6(2)8(10)4-3-7(5)9-11/h3-4,7H,1-2H3. The first-order valence-corrected chi connectivity index (χ1v) is 3.39. The van der Waals surface area contributed by atoms with Crippen LogP contribution in [0.4, 0.5) is 0 Å². The van der Waals surface area contributed by atoms with E-state index in [0.717, 1.165) is 5.57 Å². The van der Waals surface area contributed by atoms with Gasteiger partial charge in [-0.05, 0) is 37.1 Å². The van der Waals surface area contributed by atoms with E-state index < -0.39 is 6.04 Å². The zero-order valence-electron chi connectivity index (χ0n) is 6.50. The lowest BCUT2D eigenvalue weighted by atomic mass is 9.95. The van der Waals surface area contributed by atoms with E-state index >= 15 is 0 Å². The maximum Gasteiger partial charge on any atom is 0.181 e. The Labute approximate surface area is 64.8 Å². The van der Waals surface area contributed by atoms with Crippen molar-refractivity contribution in [2.75, 3.05) is 0 Å². The predicted octanol–water partition coefficient (Wildman–Crippen LogP) is 1.60. The van der Waals surface area contributed by atoms with E-state index in [9.17, 15) is 9.70 Å². The van der Waals surface area contributed by atoms with E-state index in [2.05, 4.69) is 5.18 Å². The molecule has 58 valence electrons. The quantitative estimate of drug-likeness (QED) is 0.534. The first-order chi connectivity index (χ1) is 5.16. The van der Waals surface area contributed by atoms with Crippen molar-refractivity contribution in [1.29, 1.82) is 0 Å². The molecule has 0 aromatic carbocycles. The second kappa shape index (κ2) is 2.78. The first kappa shape index (κ1) is 7.85. The molecule has 1 aliphatic carbocycles. The van der Waals surface area contributed by atoms with Crippen molar-refractivity contribution in [3.8, 4) is 0 Å². The van der Waals surface area contributed by atoms with Crippen molar-refractivity contribution in [1.82, 2.24) is 0 Å². The van der Waals surface area contributed by atoms with Crippen LogP contribution in [0.1, 0.15) is 13.8 Å². The molecule has 0 aromatic rings. The van der Waals surface area contributed by atoms with Gasteiger partial charge in [0.25, 0.3) is 0 Å². The Morgan fingerprint density at radius 1 is 1.45 bits per heavy atom. The third-order valence-corrected chi connectivity index (χ3v) is 1.95. The van der Waals surface area contributed by atoms with Gasteiger partial charge < -0.3 is 0 Å². The Balaban J connectivity index is 3.02. The highest BCUT2D eigenvalue weighted by molar-refractivity contribution is 6.05. The minimum absolute atomic E-state index is 0.0256. The lowest BCUT2D eigenvalue weighted by molar-refractivity contribution is -0.111. The van der Waals surface area contributed by atoms with Gasteiger partial charge in [-0.25, -0.2) is 0 Å². The highest BCUT2D eigenvalue weighted by Crippen LogP contribution is 2.18. The zero-order valence-corrected chi connectivity index (χ0v) is 6.50. The molecule has 0 heterocycles. The summed E-state index contributed by atoms with van der Waals surface area (Å²) in [5, 5.41) is 2.87. The smallest absolute Gasteiger partial charge is 0.181 e. The Hall–Kier alpha value is -1.25. The molecule has 1 unspecified atom stereocenters. The molecule has 11 heavy (non-hydrogen) atoms. The summed E-state index contributed by atoms with van der Waals surface area (Å²) in [5.74, 6) is -0.0256. The van der Waals surface area contributed by atoms with Crippen LogP contribution in [0, 0.1) is 4.91 Å². The van der Waals surface area contributed by atoms with Gasteiger partial charge in [0, 0.05) is 0 Å². The minimum atomic E-state index is -0.437. The van der Waals surface area contributed by atoms with Crippen LogP contribution in [-0.4, -0.2) is 11.8 Å². The van der Waals surface area contributed by atoms with Crippen LogP contribution in [0.25, 0.3) is 0 Å². The number of hydrogen-bond acceptors (Lipinski definition) is 3. The van der Waals surface area contributed by atoms with Crippen LogP contribution in [0.5, 0.6) is 0 Å². The van der Waals surface area contributed by atoms with Crippen LogP contribution >= 0.6 is 0 Å². The predicted molar refractivity (Wildman–Crippen MR) is 42.1 cm³/mol. The fourth-order valence-electron chi connectivity index (χ4n) is 0.978. The van der Waals surface area contributed by atoms with Gasteiger partial charge in [-0.1, -0.05) is 5.18 Å². The number of nitrogens with zero attached hydrogens (tertiary/aromatic N) is 1. The Kier molecular flexibility index (Phi) is 1.98. The molecule has 0 saturated carbocycles. The van der Waals surface area contributed by atoms with Gasteiger partial charge in [-0.15, -0.1) is 4.91 Å². The summed E-state index contributed by atoms with van der Waals surface area (Å²) < 4.78 is 0. The summed E-state index contributed by atoms with van der Waals surface area (Å²) >= 11 is 0. The summed E-state index contributed by atoms with van der Waals surface area (Å²) in [4.78, 5) is 21.2. The number of rotatable bonds is 1. The topological polar surface area (TPSA) is 46.5 Å². The van der Waals surface area contributed by atoms with E-state index in [4.69, 9.17) is 0 Å². The summed E-state index contributed by atoms with van der Waals surface area (Å²) in [7, 11) is 0. The highest BCUT2D eigenvalue weighted by Gasteiger charge is 2.17. The Bertz CT molecular complexity index is 263. The monoisotopic (exact) mass is 151 g/mol. The second-order valence-electron chi connectivity index (χ2n) is 2.58. The van der Waals surface area contributed by atoms with Gasteiger partial charge in [0.1, 0.15) is 6.04 Å². The molecule has 0 bridgehead atoms. The normalized spacial score (nSPS) is 24.2. The largest absolute Gasteiger partial charge is 0.290 e. The van der Waals surface area contributed by atoms with Gasteiger partial charge in [-0.3, -0.25) is 4.79 Å². The molecule has 3 nitrogen and oxygen atoms in total. The molecule has 0 spiro atoms. The molecule has 0 aliphatic heterocycles. The van der Waals surface area contributed by atoms with Crippen molar-refractivity contribution < 1.29 is 4.79 Å². The lowest BCUT2D eigenvalue weighted by Crippen LogP contribution is -2.13. The number of ketones is 1. The molecule has 0 amide bonds. The van der Waals surface area contributed by atoms with Gasteiger partial charge in [0.2, 0.25) is 0 Å². The summed E-state index contributed by atoms with van der Waals surface area (Å²) in [5.41, 5.74) is 1.39. The van der Waals surface area contributed by atoms with Crippen molar-refractivity contribution in [3.05, 3.63) is 28.2 Å². The Morgan fingerprint density at radius 2 is 2.09 bits per heavy atom. The van der Waals surface area contributed by atoms with E-state index in [1.807, 2.05) is 0 Å². The first-order valence-electron chi connectivity index (χ1n) is 3.39. The average Bonchev–Trinajstić information content (AvgIpc) is 2.01. The number of carbonyl (C=O) groups excluding carboxylic acids is 1. The number of hydrogen-bond donors (Lipinski definition) is 0. The van der Waals surface area contributed by atoms with E-state index in [-0.39, 0.29) is 5.78 Å². The second-order valence-corrected chi connectivity index (χ2v) is 2.58. The van der Waals surface area contributed by atoms with Gasteiger partial charge in [0.15, 0.2) is 5.78 Å². The maximum atomic E-state index is 11.0. The van der Waals surface area contributed by atoms with Gasteiger partial charge in [0.05, 0.1) is 0 Å². The number of carbonyl (C=O) groups is 1. The molecule has 1 rings (SSSR count). The summed E-state index contributed by atoms with van der Waals surface area (Å²) in [6.07, 6.45) is 2.92. The fourth-order valence-corrected chi connectivity index (χ4v) is 0.978. The number of allylic oxidation sites excluding steroid dienone is 2. The third kappa shape index (κ3) is 1.27. The molecular weight excluding hydrogens is 142 g/mol. The molecule has 0 N–H and O–H groups in total. The molecular formula is C8H9NO2. The fraction of sp³-hybridized carbons (Fsp3) is 0.375. The molecule has 0 fully saturated rings. The molecule has 3 heteroatoms. The maximum absolute atomic E-state index is 11.0. The van der Waals surface area contributed by atoms with Crippen molar-refractivity contribution >= 4 is 5.78 Å². The molecule has 1 aliphatic rings. The van der Waals surface area contributed by atoms with Crippen LogP contribution in [-0.2, 0) is 4.79 Å². The van der Waals surface area contributed by atoms with Crippen molar-refractivity contribution in [2.45, 2.75) is 19.9 Å². The average molecular weight is 151 g/mol. The summed E-state index contributed by atoms with van der Waals surface area (Å²) in [6.45, 7) is 3.46. The van der Waals surface area contributed by atoms with Crippen molar-refractivity contribution in [3.63, 3.8) is 0 Å². The minimum Gasteiger partial charge on any atom is -0.290 e. The van der Waals surface area contributed by atoms with E-state index in [0.29, 0.717) is 5.57 Å². The van der Waals surface area contributed by atoms with E-state index in [1.165, 1.54) is 12.2 Å². The van der Waals surface area contributed by atoms with Crippen LogP contribution in [0.3, 0.4) is 0 Å². The zero-order chi connectivity index (χ0) is 8.43. The van der Waals surface area contributed by atoms with Gasteiger partial charge >= 0.3 is 0 Å². The van der Waals surface area contributed by atoms with Crippen LogP contribution in [0.15, 0.2) is 28.5 Å². The van der Waals surface area contributed by atoms with Gasteiger partial charge in [-0.2, -0.15) is 0 Å². The van der Waals surface area contributed by atoms with E-state index in [1.54, 1.807) is 13.8 Å². The molecule has 0 saturated heterocycles. The van der Waals surface area contributed by atoms with Crippen LogP contribution in [0.2, 0.25) is 0 Å². The lowest BCUT2D eigenvalue weighted by Gasteiger charge is -2.11. The summed E-state index contributed by atoms with van der Waals surface area (Å²) in [6, 6.07) is -0.437. The van der Waals surface area contributed by atoms with Crippen molar-refractivity contribution in [2.24, 2.45) is 5.18 Å². The number of nitroso groups, excluding NO2 is 1. The Morgan fingerprint density at radius 3 is 2.64 bits per heavy atom. The highest BCUT2D eigenvalue weighted by atomic mass is 16.3. The SMILES string of the molecule is CC1=C(C)C(N=O)C=CC1=O. The molecule has 1 atom stereocenters. The molecule has 0 aromatic heterocycles.